The first-order valence-corrected chi connectivity index (χ1v) is 7.99. The summed E-state index contributed by atoms with van der Waals surface area (Å²) in [5.41, 5.74) is 0.959. The molecule has 0 spiro atoms. The van der Waals surface area contributed by atoms with E-state index in [0.29, 0.717) is 15.8 Å². The zero-order chi connectivity index (χ0) is 14.5. The second-order valence-electron chi connectivity index (χ2n) is 4.21. The van der Waals surface area contributed by atoms with Crippen LogP contribution >= 0.6 is 35.0 Å². The molecule has 1 aromatic carbocycles. The molecule has 0 atom stereocenters. The van der Waals surface area contributed by atoms with E-state index in [2.05, 4.69) is 15.3 Å². The van der Waals surface area contributed by atoms with E-state index in [-0.39, 0.29) is 0 Å². The van der Waals surface area contributed by atoms with Crippen LogP contribution in [0.1, 0.15) is 18.4 Å². The highest BCUT2D eigenvalue weighted by Crippen LogP contribution is 2.29. The van der Waals surface area contributed by atoms with Crippen molar-refractivity contribution in [3.63, 3.8) is 0 Å². The van der Waals surface area contributed by atoms with Crippen LogP contribution in [0.5, 0.6) is 0 Å². The summed E-state index contributed by atoms with van der Waals surface area (Å²) >= 11 is 13.5. The number of hydrogen-bond acceptors (Lipinski definition) is 4. The molecule has 6 heteroatoms. The Hall–Kier alpha value is -0.970. The van der Waals surface area contributed by atoms with Gasteiger partial charge in [-0.05, 0) is 32.0 Å². The maximum atomic E-state index is 6.00. The fourth-order valence-corrected chi connectivity index (χ4v) is 2.83. The molecule has 0 bridgehead atoms. The molecule has 2 aromatic rings. The maximum Gasteiger partial charge on any atom is 0.141 e. The highest BCUT2D eigenvalue weighted by Gasteiger charge is 2.05. The third-order valence-electron chi connectivity index (χ3n) is 2.52. The van der Waals surface area contributed by atoms with Crippen molar-refractivity contribution in [2.24, 2.45) is 0 Å². The fourth-order valence-electron chi connectivity index (χ4n) is 1.68. The molecular weight excluding hydrogens is 313 g/mol. The highest BCUT2D eigenvalue weighted by atomic mass is 35.5. The molecule has 0 saturated heterocycles. The van der Waals surface area contributed by atoms with Gasteiger partial charge in [-0.3, -0.25) is 0 Å². The number of halogens is 2. The van der Waals surface area contributed by atoms with Gasteiger partial charge in [0.05, 0.1) is 15.8 Å². The van der Waals surface area contributed by atoms with Gasteiger partial charge in [0, 0.05) is 23.2 Å². The molecular formula is C14H15Cl2N3S. The topological polar surface area (TPSA) is 37.8 Å². The average Bonchev–Trinajstić information content (AvgIpc) is 2.40. The Morgan fingerprint density at radius 3 is 2.65 bits per heavy atom. The van der Waals surface area contributed by atoms with Crippen LogP contribution in [0.2, 0.25) is 10.0 Å². The van der Waals surface area contributed by atoms with Crippen LogP contribution in [0.4, 0.5) is 5.82 Å². The van der Waals surface area contributed by atoms with E-state index in [1.54, 1.807) is 17.8 Å². The molecule has 2 rings (SSSR count). The molecule has 1 aromatic heterocycles. The maximum absolute atomic E-state index is 6.00. The minimum Gasteiger partial charge on any atom is -0.370 e. The molecule has 0 fully saturated rings. The Bertz CT molecular complexity index is 605. The van der Waals surface area contributed by atoms with E-state index < -0.39 is 0 Å². The molecule has 1 heterocycles. The van der Waals surface area contributed by atoms with Gasteiger partial charge in [0.25, 0.3) is 0 Å². The summed E-state index contributed by atoms with van der Waals surface area (Å²) in [6, 6.07) is 7.54. The Balaban J connectivity index is 2.08. The van der Waals surface area contributed by atoms with Gasteiger partial charge in [-0.15, -0.1) is 11.8 Å². The number of rotatable bonds is 5. The third-order valence-corrected chi connectivity index (χ3v) is 4.25. The van der Waals surface area contributed by atoms with Gasteiger partial charge in [0.2, 0.25) is 0 Å². The molecule has 0 radical (unpaired) electrons. The molecule has 0 aliphatic heterocycles. The summed E-state index contributed by atoms with van der Waals surface area (Å²) in [5, 5.41) is 4.34. The fraction of sp³-hybridized carbons (Fsp3) is 0.286. The van der Waals surface area contributed by atoms with E-state index in [9.17, 15) is 0 Å². The van der Waals surface area contributed by atoms with Crippen molar-refractivity contribution < 1.29 is 0 Å². The van der Waals surface area contributed by atoms with E-state index >= 15 is 0 Å². The van der Waals surface area contributed by atoms with Crippen LogP contribution in [-0.2, 0) is 5.75 Å². The highest BCUT2D eigenvalue weighted by molar-refractivity contribution is 7.98. The minimum absolute atomic E-state index is 0.565. The van der Waals surface area contributed by atoms with Gasteiger partial charge in [0.15, 0.2) is 0 Å². The molecule has 0 amide bonds. The summed E-state index contributed by atoms with van der Waals surface area (Å²) in [5.74, 6) is 2.36. The third kappa shape index (κ3) is 4.27. The van der Waals surface area contributed by atoms with Crippen LogP contribution < -0.4 is 5.32 Å². The van der Waals surface area contributed by atoms with Crippen molar-refractivity contribution in [3.05, 3.63) is 45.8 Å². The molecule has 0 saturated carbocycles. The summed E-state index contributed by atoms with van der Waals surface area (Å²) < 4.78 is 0. The lowest BCUT2D eigenvalue weighted by Crippen LogP contribution is -2.04. The van der Waals surface area contributed by atoms with Crippen molar-refractivity contribution in [1.82, 2.24) is 9.97 Å². The lowest BCUT2D eigenvalue weighted by atomic mass is 10.4. The first kappa shape index (κ1) is 15.4. The summed E-state index contributed by atoms with van der Waals surface area (Å²) in [6.07, 6.45) is 0. The van der Waals surface area contributed by atoms with Crippen LogP contribution in [0.15, 0.2) is 29.2 Å². The first-order valence-electron chi connectivity index (χ1n) is 6.24. The van der Waals surface area contributed by atoms with E-state index in [1.807, 2.05) is 32.0 Å². The van der Waals surface area contributed by atoms with Crippen LogP contribution in [0.25, 0.3) is 0 Å². The van der Waals surface area contributed by atoms with Crippen LogP contribution in [-0.4, -0.2) is 16.5 Å². The Morgan fingerprint density at radius 1 is 1.15 bits per heavy atom. The van der Waals surface area contributed by atoms with Gasteiger partial charge in [0.1, 0.15) is 11.6 Å². The average molecular weight is 328 g/mol. The lowest BCUT2D eigenvalue weighted by Gasteiger charge is -2.07. The van der Waals surface area contributed by atoms with E-state index in [0.717, 1.165) is 28.8 Å². The number of aryl methyl sites for hydroxylation is 1. The zero-order valence-electron chi connectivity index (χ0n) is 11.3. The van der Waals surface area contributed by atoms with Crippen molar-refractivity contribution in [1.29, 1.82) is 0 Å². The second kappa shape index (κ2) is 7.16. The summed E-state index contributed by atoms with van der Waals surface area (Å²) in [6.45, 7) is 4.85. The number of benzene rings is 1. The quantitative estimate of drug-likeness (QED) is 0.799. The second-order valence-corrected chi connectivity index (χ2v) is 6.07. The van der Waals surface area contributed by atoms with Gasteiger partial charge in [-0.2, -0.15) is 0 Å². The number of nitrogens with zero attached hydrogens (tertiary/aromatic N) is 2. The van der Waals surface area contributed by atoms with Gasteiger partial charge in [-0.1, -0.05) is 23.2 Å². The Labute approximate surface area is 133 Å². The van der Waals surface area contributed by atoms with Gasteiger partial charge >= 0.3 is 0 Å². The summed E-state index contributed by atoms with van der Waals surface area (Å²) in [4.78, 5) is 9.97. The number of anilines is 1. The minimum atomic E-state index is 0.565. The van der Waals surface area contributed by atoms with Gasteiger partial charge in [-0.25, -0.2) is 9.97 Å². The molecule has 0 unspecified atom stereocenters. The molecule has 0 aliphatic rings. The Kier molecular flexibility index (Phi) is 5.52. The zero-order valence-corrected chi connectivity index (χ0v) is 13.6. The number of aromatic nitrogens is 2. The SMILES string of the molecule is CCNc1cc(C)nc(CSc2ccc(Cl)c(Cl)c2)n1. The summed E-state index contributed by atoms with van der Waals surface area (Å²) in [7, 11) is 0. The molecule has 1 N–H and O–H groups in total. The predicted molar refractivity (Wildman–Crippen MR) is 87.0 cm³/mol. The van der Waals surface area contributed by atoms with Crippen molar-refractivity contribution in [3.8, 4) is 0 Å². The monoisotopic (exact) mass is 327 g/mol. The number of nitrogens with one attached hydrogen (secondary N) is 1. The molecule has 3 nitrogen and oxygen atoms in total. The number of hydrogen-bond donors (Lipinski definition) is 1. The van der Waals surface area contributed by atoms with Crippen molar-refractivity contribution in [2.75, 3.05) is 11.9 Å². The normalized spacial score (nSPS) is 10.6. The predicted octanol–water partition coefficient (Wildman–Crippen LogP) is 4.82. The van der Waals surface area contributed by atoms with Gasteiger partial charge < -0.3 is 5.32 Å². The largest absolute Gasteiger partial charge is 0.370 e. The smallest absolute Gasteiger partial charge is 0.141 e. The van der Waals surface area contributed by atoms with Crippen molar-refractivity contribution in [2.45, 2.75) is 24.5 Å². The lowest BCUT2D eigenvalue weighted by molar-refractivity contribution is 0.986. The standard InChI is InChI=1S/C14H15Cl2N3S/c1-3-17-13-6-9(2)18-14(19-13)8-20-10-4-5-11(15)12(16)7-10/h4-7H,3,8H2,1-2H3,(H,17,18,19). The molecule has 0 aliphatic carbocycles. The first-order chi connectivity index (χ1) is 9.58. The molecule has 20 heavy (non-hydrogen) atoms. The van der Waals surface area contributed by atoms with Crippen LogP contribution in [0, 0.1) is 6.92 Å². The van der Waals surface area contributed by atoms with Crippen molar-refractivity contribution >= 4 is 40.8 Å². The van der Waals surface area contributed by atoms with Crippen LogP contribution in [0.3, 0.4) is 0 Å². The molecule has 106 valence electrons. The van der Waals surface area contributed by atoms with E-state index in [4.69, 9.17) is 23.2 Å². The number of thioether (sulfide) groups is 1. The Morgan fingerprint density at radius 2 is 1.95 bits per heavy atom. The van der Waals surface area contributed by atoms with E-state index in [1.165, 1.54) is 0 Å².